The molecule has 9 N–H and O–H groups in total. The summed E-state index contributed by atoms with van der Waals surface area (Å²) < 4.78 is 0. The van der Waals surface area contributed by atoms with Crippen LogP contribution in [0.5, 0.6) is 0 Å². The molecule has 12 heteroatoms. The van der Waals surface area contributed by atoms with Crippen LogP contribution in [0.15, 0.2) is 0 Å². The van der Waals surface area contributed by atoms with Gasteiger partial charge in [0.2, 0.25) is 23.6 Å². The highest BCUT2D eigenvalue weighted by atomic mass is 16.4. The molecule has 4 atom stereocenters. The van der Waals surface area contributed by atoms with Crippen LogP contribution in [0.3, 0.4) is 0 Å². The van der Waals surface area contributed by atoms with Crippen molar-refractivity contribution in [3.05, 3.63) is 0 Å². The van der Waals surface area contributed by atoms with Gasteiger partial charge in [-0.2, -0.15) is 0 Å². The van der Waals surface area contributed by atoms with Gasteiger partial charge in [0.1, 0.15) is 12.1 Å². The van der Waals surface area contributed by atoms with Gasteiger partial charge in [-0.05, 0) is 12.8 Å². The maximum atomic E-state index is 12.4. The fraction of sp³-hybridized carbons (Fsp3) is 0.667. The molecule has 0 spiro atoms. The van der Waals surface area contributed by atoms with Crippen molar-refractivity contribution in [3.8, 4) is 0 Å². The summed E-state index contributed by atoms with van der Waals surface area (Å²) in [5.41, 5.74) is 10.3. The molecule has 0 rings (SSSR count). The van der Waals surface area contributed by atoms with E-state index in [1.807, 2.05) is 5.32 Å². The van der Waals surface area contributed by atoms with Crippen LogP contribution in [0.1, 0.15) is 27.2 Å². The van der Waals surface area contributed by atoms with Crippen LogP contribution in [0.4, 0.5) is 0 Å². The van der Waals surface area contributed by atoms with Gasteiger partial charge in [-0.1, -0.05) is 13.8 Å². The van der Waals surface area contributed by atoms with Crippen molar-refractivity contribution in [3.63, 3.8) is 0 Å². The molecule has 12 nitrogen and oxygen atoms in total. The van der Waals surface area contributed by atoms with E-state index in [0.717, 1.165) is 6.92 Å². The maximum absolute atomic E-state index is 12.4. The number of nitrogens with one attached hydrogen (secondary N) is 3. The molecule has 4 unspecified atom stereocenters. The van der Waals surface area contributed by atoms with Crippen molar-refractivity contribution in [2.24, 2.45) is 17.4 Å². The van der Waals surface area contributed by atoms with E-state index in [9.17, 15) is 29.1 Å². The third-order valence-electron chi connectivity index (χ3n) is 3.54. The van der Waals surface area contributed by atoms with Gasteiger partial charge in [0.05, 0.1) is 19.1 Å². The Morgan fingerprint density at radius 2 is 1.48 bits per heavy atom. The number of carboxylic acid groups (broad SMARTS) is 1. The molecule has 0 aliphatic rings. The number of nitrogens with two attached hydrogens (primary N) is 2. The average Bonchev–Trinajstić information content (AvgIpc) is 2.54. The van der Waals surface area contributed by atoms with Crippen LogP contribution in [-0.4, -0.2) is 70.6 Å². The van der Waals surface area contributed by atoms with E-state index in [1.54, 1.807) is 13.8 Å². The van der Waals surface area contributed by atoms with Crippen molar-refractivity contribution >= 4 is 29.6 Å². The molecule has 0 aromatic rings. The van der Waals surface area contributed by atoms with Crippen LogP contribution in [0.25, 0.3) is 0 Å². The SMILES string of the molecule is CC(C)C(NC(=O)CN)C(=O)NC(CC(N)=O)C(=O)NC(C(=O)O)C(C)O. The molecule has 4 amide bonds. The quantitative estimate of drug-likeness (QED) is 0.187. The summed E-state index contributed by atoms with van der Waals surface area (Å²) in [6, 6.07) is -4.19. The molecule has 0 heterocycles. The second-order valence-corrected chi connectivity index (χ2v) is 6.29. The second-order valence-electron chi connectivity index (χ2n) is 6.29. The number of carbonyl (C=O) groups excluding carboxylic acids is 4. The standard InChI is InChI=1S/C15H27N5O7/c1-6(2)11(19-10(23)5-16)14(25)18-8(4-9(17)22)13(24)20-12(7(3)21)15(26)27/h6-8,11-12,21H,4-5,16H2,1-3H3,(H2,17,22)(H,18,25)(H,19,23)(H,20,24)(H,26,27). The van der Waals surface area contributed by atoms with Gasteiger partial charge in [-0.15, -0.1) is 0 Å². The Bertz CT molecular complexity index is 579. The highest BCUT2D eigenvalue weighted by Gasteiger charge is 2.32. The van der Waals surface area contributed by atoms with Crippen molar-refractivity contribution in [2.45, 2.75) is 51.4 Å². The molecule has 0 saturated carbocycles. The minimum absolute atomic E-state index is 0.351. The number of aliphatic hydroxyl groups excluding tert-OH is 1. The smallest absolute Gasteiger partial charge is 0.328 e. The average molecular weight is 389 g/mol. The first-order valence-electron chi connectivity index (χ1n) is 8.20. The number of aliphatic carboxylic acids is 1. The van der Waals surface area contributed by atoms with Crippen molar-refractivity contribution in [1.82, 2.24) is 16.0 Å². The van der Waals surface area contributed by atoms with Crippen LogP contribution in [-0.2, 0) is 24.0 Å². The third kappa shape index (κ3) is 8.46. The largest absolute Gasteiger partial charge is 0.480 e. The summed E-state index contributed by atoms with van der Waals surface area (Å²) in [6.07, 6.45) is -2.04. The van der Waals surface area contributed by atoms with E-state index in [0.29, 0.717) is 0 Å². The van der Waals surface area contributed by atoms with E-state index in [1.165, 1.54) is 0 Å². The maximum Gasteiger partial charge on any atom is 0.328 e. The summed E-state index contributed by atoms with van der Waals surface area (Å²) in [5.74, 6) is -5.20. The van der Waals surface area contributed by atoms with Gasteiger partial charge in [0.25, 0.3) is 0 Å². The molecule has 0 aliphatic carbocycles. The van der Waals surface area contributed by atoms with Gasteiger partial charge >= 0.3 is 5.97 Å². The lowest BCUT2D eigenvalue weighted by Gasteiger charge is -2.26. The van der Waals surface area contributed by atoms with E-state index in [-0.39, 0.29) is 12.5 Å². The minimum atomic E-state index is -1.65. The Balaban J connectivity index is 5.35. The minimum Gasteiger partial charge on any atom is -0.480 e. The monoisotopic (exact) mass is 389 g/mol. The van der Waals surface area contributed by atoms with Gasteiger partial charge in [-0.25, -0.2) is 4.79 Å². The first-order chi connectivity index (χ1) is 12.4. The number of primary amides is 1. The summed E-state index contributed by atoms with van der Waals surface area (Å²) in [6.45, 7) is 4.07. The summed E-state index contributed by atoms with van der Waals surface area (Å²) >= 11 is 0. The molecule has 0 fully saturated rings. The van der Waals surface area contributed by atoms with Crippen molar-refractivity contribution in [2.75, 3.05) is 6.54 Å². The Morgan fingerprint density at radius 1 is 0.926 bits per heavy atom. The molecular weight excluding hydrogens is 362 g/mol. The highest BCUT2D eigenvalue weighted by molar-refractivity contribution is 5.95. The predicted octanol–water partition coefficient (Wildman–Crippen LogP) is -3.60. The Kier molecular flexibility index (Phi) is 9.96. The fourth-order valence-corrected chi connectivity index (χ4v) is 2.08. The van der Waals surface area contributed by atoms with Crippen molar-refractivity contribution in [1.29, 1.82) is 0 Å². The van der Waals surface area contributed by atoms with Gasteiger partial charge in [-0.3, -0.25) is 19.2 Å². The van der Waals surface area contributed by atoms with E-state index in [4.69, 9.17) is 16.6 Å². The number of hydrogen-bond acceptors (Lipinski definition) is 7. The molecule has 154 valence electrons. The Labute approximate surface area is 156 Å². The zero-order chi connectivity index (χ0) is 21.3. The zero-order valence-electron chi connectivity index (χ0n) is 15.4. The van der Waals surface area contributed by atoms with Crippen LogP contribution in [0.2, 0.25) is 0 Å². The van der Waals surface area contributed by atoms with Crippen LogP contribution in [0, 0.1) is 5.92 Å². The van der Waals surface area contributed by atoms with E-state index < -0.39 is 60.2 Å². The lowest BCUT2D eigenvalue weighted by molar-refractivity contribution is -0.145. The highest BCUT2D eigenvalue weighted by Crippen LogP contribution is 2.04. The van der Waals surface area contributed by atoms with Crippen LogP contribution >= 0.6 is 0 Å². The summed E-state index contributed by atoms with van der Waals surface area (Å²) in [7, 11) is 0. The van der Waals surface area contributed by atoms with Gasteiger partial charge in [0.15, 0.2) is 6.04 Å². The number of aliphatic hydroxyl groups is 1. The van der Waals surface area contributed by atoms with E-state index >= 15 is 0 Å². The molecular formula is C15H27N5O7. The number of amides is 4. The number of hydrogen-bond donors (Lipinski definition) is 7. The van der Waals surface area contributed by atoms with Gasteiger partial charge in [0, 0.05) is 0 Å². The normalized spacial score (nSPS) is 15.2. The fourth-order valence-electron chi connectivity index (χ4n) is 2.08. The number of carboxylic acids is 1. The molecule has 0 bridgehead atoms. The number of carbonyl (C=O) groups is 5. The lowest BCUT2D eigenvalue weighted by Crippen LogP contribution is -2.59. The topological polar surface area (TPSA) is 214 Å². The molecule has 0 aromatic carbocycles. The zero-order valence-corrected chi connectivity index (χ0v) is 15.4. The molecule has 0 radical (unpaired) electrons. The van der Waals surface area contributed by atoms with Gasteiger partial charge < -0.3 is 37.6 Å². The lowest BCUT2D eigenvalue weighted by atomic mass is 10.0. The third-order valence-corrected chi connectivity index (χ3v) is 3.54. The number of rotatable bonds is 11. The second kappa shape index (κ2) is 11.1. The molecule has 0 aromatic heterocycles. The van der Waals surface area contributed by atoms with E-state index in [2.05, 4.69) is 10.6 Å². The van der Waals surface area contributed by atoms with Crippen molar-refractivity contribution < 1.29 is 34.2 Å². The van der Waals surface area contributed by atoms with Crippen LogP contribution < -0.4 is 27.4 Å². The predicted molar refractivity (Wildman–Crippen MR) is 92.8 cm³/mol. The first kappa shape index (κ1) is 24.3. The molecule has 0 saturated heterocycles. The summed E-state index contributed by atoms with van der Waals surface area (Å²) in [5, 5.41) is 25.1. The Hall–Kier alpha value is -2.73. The summed E-state index contributed by atoms with van der Waals surface area (Å²) in [4.78, 5) is 58.5. The first-order valence-corrected chi connectivity index (χ1v) is 8.20. The molecule has 0 aliphatic heterocycles. The Morgan fingerprint density at radius 3 is 1.85 bits per heavy atom. The molecule has 27 heavy (non-hydrogen) atoms.